The fourth-order valence-corrected chi connectivity index (χ4v) is 1.75. The molecule has 78 valence electrons. The number of nitrogens with zero attached hydrogens (tertiary/aromatic N) is 1. The van der Waals surface area contributed by atoms with Crippen LogP contribution in [0.2, 0.25) is 5.02 Å². The van der Waals surface area contributed by atoms with Crippen molar-refractivity contribution in [3.63, 3.8) is 0 Å². The lowest BCUT2D eigenvalue weighted by molar-refractivity contribution is 0.392. The van der Waals surface area contributed by atoms with Gasteiger partial charge in [0.05, 0.1) is 5.37 Å². The van der Waals surface area contributed by atoms with Crippen molar-refractivity contribution in [3.8, 4) is 0 Å². The maximum absolute atomic E-state index is 13.3. The summed E-state index contributed by atoms with van der Waals surface area (Å²) in [6.07, 6.45) is 0. The van der Waals surface area contributed by atoms with Gasteiger partial charge in [-0.15, -0.1) is 0 Å². The largest absolute Gasteiger partial charge is 0.294 e. The zero-order chi connectivity index (χ0) is 10.9. The highest BCUT2D eigenvalue weighted by Crippen LogP contribution is 2.30. The number of hydrogen-bond acceptors (Lipinski definition) is 2. The molecule has 0 aliphatic heterocycles. The third-order valence-corrected chi connectivity index (χ3v) is 3.11. The molecular formula is C10H13ClFNS. The normalized spacial score (nSPS) is 13.4. The maximum Gasteiger partial charge on any atom is 0.126 e. The van der Waals surface area contributed by atoms with Crippen LogP contribution in [0.5, 0.6) is 0 Å². The summed E-state index contributed by atoms with van der Waals surface area (Å²) in [4.78, 5) is 1.86. The Morgan fingerprint density at radius 2 is 2.00 bits per heavy atom. The van der Waals surface area contributed by atoms with Gasteiger partial charge in [0.25, 0.3) is 0 Å². The van der Waals surface area contributed by atoms with Gasteiger partial charge in [-0.1, -0.05) is 11.6 Å². The second kappa shape index (κ2) is 4.51. The number of rotatable bonds is 2. The average molecular weight is 234 g/mol. The standard InChI is InChI=1S/C10H13ClFNS/c1-6-4-8(11)7(5-9(6)12)10(14)13(2)3/h4-5,10,14H,1-3H3. The summed E-state index contributed by atoms with van der Waals surface area (Å²) in [6.45, 7) is 1.69. The molecule has 0 fully saturated rings. The zero-order valence-corrected chi connectivity index (χ0v) is 10.0. The number of aryl methyl sites for hydroxylation is 1. The zero-order valence-electron chi connectivity index (χ0n) is 8.38. The van der Waals surface area contributed by atoms with Crippen molar-refractivity contribution in [3.05, 3.63) is 34.1 Å². The second-order valence-electron chi connectivity index (χ2n) is 3.46. The summed E-state index contributed by atoms with van der Waals surface area (Å²) >= 11 is 10.3. The fraction of sp³-hybridized carbons (Fsp3) is 0.400. The van der Waals surface area contributed by atoms with E-state index in [1.807, 2.05) is 19.0 Å². The molecule has 0 saturated carbocycles. The Labute approximate surface area is 94.3 Å². The quantitative estimate of drug-likeness (QED) is 0.606. The monoisotopic (exact) mass is 233 g/mol. The minimum absolute atomic E-state index is 0.183. The number of benzene rings is 1. The molecule has 1 nitrogen and oxygen atoms in total. The molecule has 0 aliphatic carbocycles. The van der Waals surface area contributed by atoms with Crippen LogP contribution in [0.4, 0.5) is 4.39 Å². The van der Waals surface area contributed by atoms with Gasteiger partial charge in [-0.2, -0.15) is 12.6 Å². The van der Waals surface area contributed by atoms with Crippen molar-refractivity contribution in [1.29, 1.82) is 0 Å². The van der Waals surface area contributed by atoms with Gasteiger partial charge in [-0.05, 0) is 38.7 Å². The summed E-state index contributed by atoms with van der Waals surface area (Å²) < 4.78 is 13.3. The van der Waals surface area contributed by atoms with Crippen LogP contribution in [0, 0.1) is 12.7 Å². The fourth-order valence-electron chi connectivity index (χ4n) is 1.14. The lowest BCUT2D eigenvalue weighted by Crippen LogP contribution is -2.15. The van der Waals surface area contributed by atoms with Crippen LogP contribution in [0.1, 0.15) is 16.5 Å². The van der Waals surface area contributed by atoms with E-state index >= 15 is 0 Å². The summed E-state index contributed by atoms with van der Waals surface area (Å²) in [5.74, 6) is -0.245. The van der Waals surface area contributed by atoms with Crippen LogP contribution in [0.15, 0.2) is 12.1 Å². The molecule has 0 spiro atoms. The molecule has 0 bridgehead atoms. The highest BCUT2D eigenvalue weighted by atomic mass is 35.5. The van der Waals surface area contributed by atoms with Gasteiger partial charge in [-0.3, -0.25) is 4.90 Å². The Kier molecular flexibility index (Phi) is 3.81. The summed E-state index contributed by atoms with van der Waals surface area (Å²) in [6, 6.07) is 3.06. The van der Waals surface area contributed by atoms with Crippen molar-refractivity contribution in [1.82, 2.24) is 4.90 Å². The molecule has 0 saturated heterocycles. The minimum Gasteiger partial charge on any atom is -0.294 e. The van der Waals surface area contributed by atoms with Crippen LogP contribution >= 0.6 is 24.2 Å². The highest BCUT2D eigenvalue weighted by Gasteiger charge is 2.14. The van der Waals surface area contributed by atoms with Gasteiger partial charge >= 0.3 is 0 Å². The third-order valence-electron chi connectivity index (χ3n) is 2.05. The number of thiol groups is 1. The van der Waals surface area contributed by atoms with Crippen LogP contribution in [0.3, 0.4) is 0 Å². The molecule has 14 heavy (non-hydrogen) atoms. The smallest absolute Gasteiger partial charge is 0.126 e. The van der Waals surface area contributed by atoms with E-state index in [2.05, 4.69) is 12.6 Å². The van der Waals surface area contributed by atoms with Crippen molar-refractivity contribution in [2.45, 2.75) is 12.3 Å². The molecule has 1 atom stereocenters. The Balaban J connectivity index is 3.15. The molecule has 0 aromatic heterocycles. The summed E-state index contributed by atoms with van der Waals surface area (Å²) in [5.41, 5.74) is 1.25. The third kappa shape index (κ3) is 2.41. The molecule has 1 aromatic carbocycles. The van der Waals surface area contributed by atoms with Crippen molar-refractivity contribution >= 4 is 24.2 Å². The molecule has 0 heterocycles. The highest BCUT2D eigenvalue weighted by molar-refractivity contribution is 7.80. The lowest BCUT2D eigenvalue weighted by atomic mass is 10.1. The lowest BCUT2D eigenvalue weighted by Gasteiger charge is -2.20. The molecule has 1 rings (SSSR count). The van der Waals surface area contributed by atoms with E-state index < -0.39 is 0 Å². The summed E-state index contributed by atoms with van der Waals surface area (Å²) in [7, 11) is 3.73. The van der Waals surface area contributed by atoms with Crippen molar-refractivity contribution in [2.24, 2.45) is 0 Å². The molecule has 0 radical (unpaired) electrons. The number of hydrogen-bond donors (Lipinski definition) is 1. The van der Waals surface area contributed by atoms with E-state index in [-0.39, 0.29) is 11.2 Å². The predicted molar refractivity (Wildman–Crippen MR) is 61.6 cm³/mol. The maximum atomic E-state index is 13.3. The Morgan fingerprint density at radius 1 is 1.43 bits per heavy atom. The average Bonchev–Trinajstić information content (AvgIpc) is 2.10. The van der Waals surface area contributed by atoms with E-state index in [1.165, 1.54) is 6.07 Å². The van der Waals surface area contributed by atoms with Gasteiger partial charge in [0.15, 0.2) is 0 Å². The van der Waals surface area contributed by atoms with Gasteiger partial charge < -0.3 is 0 Å². The molecule has 1 unspecified atom stereocenters. The van der Waals surface area contributed by atoms with Crippen LogP contribution in [-0.2, 0) is 0 Å². The molecule has 1 aromatic rings. The SMILES string of the molecule is Cc1cc(Cl)c(C(S)N(C)C)cc1F. The first-order chi connectivity index (χ1) is 6.43. The Hall–Kier alpha value is -0.250. The van der Waals surface area contributed by atoms with E-state index in [0.29, 0.717) is 16.1 Å². The Morgan fingerprint density at radius 3 is 2.50 bits per heavy atom. The minimum atomic E-state index is -0.245. The van der Waals surface area contributed by atoms with E-state index in [0.717, 1.165) is 0 Å². The van der Waals surface area contributed by atoms with Gasteiger partial charge in [0.2, 0.25) is 0 Å². The predicted octanol–water partition coefficient (Wildman–Crippen LogP) is 3.28. The first kappa shape index (κ1) is 11.8. The van der Waals surface area contributed by atoms with Crippen LogP contribution in [-0.4, -0.2) is 19.0 Å². The van der Waals surface area contributed by atoms with Gasteiger partial charge in [0.1, 0.15) is 5.82 Å². The van der Waals surface area contributed by atoms with E-state index in [9.17, 15) is 4.39 Å². The Bertz CT molecular complexity index is 341. The molecule has 4 heteroatoms. The first-order valence-corrected chi connectivity index (χ1v) is 5.13. The second-order valence-corrected chi connectivity index (χ2v) is 4.36. The molecule has 0 amide bonds. The van der Waals surface area contributed by atoms with Gasteiger partial charge in [-0.25, -0.2) is 4.39 Å². The van der Waals surface area contributed by atoms with E-state index in [4.69, 9.17) is 11.6 Å². The molecule has 0 N–H and O–H groups in total. The molecular weight excluding hydrogens is 221 g/mol. The number of halogens is 2. The van der Waals surface area contributed by atoms with Crippen molar-refractivity contribution < 1.29 is 4.39 Å². The van der Waals surface area contributed by atoms with E-state index in [1.54, 1.807) is 13.0 Å². The van der Waals surface area contributed by atoms with Crippen LogP contribution < -0.4 is 0 Å². The van der Waals surface area contributed by atoms with Crippen LogP contribution in [0.25, 0.3) is 0 Å². The molecule has 0 aliphatic rings. The topological polar surface area (TPSA) is 3.24 Å². The summed E-state index contributed by atoms with van der Waals surface area (Å²) in [5, 5.41) is 0.371. The van der Waals surface area contributed by atoms with Crippen molar-refractivity contribution in [2.75, 3.05) is 14.1 Å². The van der Waals surface area contributed by atoms with Gasteiger partial charge in [0, 0.05) is 10.6 Å². The first-order valence-electron chi connectivity index (χ1n) is 4.23.